The summed E-state index contributed by atoms with van der Waals surface area (Å²) in [4.78, 5) is 13.0. The monoisotopic (exact) mass is 468 g/mol. The van der Waals surface area contributed by atoms with Gasteiger partial charge in [0.15, 0.2) is 0 Å². The molecule has 0 heterocycles. The molecule has 0 bridgehead atoms. The van der Waals surface area contributed by atoms with Crippen LogP contribution in [0.5, 0.6) is 11.5 Å². The maximum Gasteiger partial charge on any atom is 0.264 e. The Kier molecular flexibility index (Phi) is 7.60. The molecule has 1 atom stereocenters. The van der Waals surface area contributed by atoms with Crippen molar-refractivity contribution in [2.45, 2.75) is 24.8 Å². The van der Waals surface area contributed by atoms with Gasteiger partial charge in [0.2, 0.25) is 5.91 Å². The van der Waals surface area contributed by atoms with Crippen LogP contribution in [0.1, 0.15) is 24.1 Å². The smallest absolute Gasteiger partial charge is 0.264 e. The highest BCUT2D eigenvalue weighted by molar-refractivity contribution is 7.92. The topological polar surface area (TPSA) is 84.9 Å². The van der Waals surface area contributed by atoms with E-state index in [0.717, 1.165) is 15.4 Å². The summed E-state index contributed by atoms with van der Waals surface area (Å²) in [6, 6.07) is 20.1. The minimum Gasteiger partial charge on any atom is -0.497 e. The van der Waals surface area contributed by atoms with Crippen LogP contribution >= 0.6 is 0 Å². The van der Waals surface area contributed by atoms with Gasteiger partial charge < -0.3 is 14.8 Å². The number of carbonyl (C=O) groups excluding carboxylic acids is 1. The van der Waals surface area contributed by atoms with Gasteiger partial charge in [0, 0.05) is 5.56 Å². The lowest BCUT2D eigenvalue weighted by Crippen LogP contribution is -2.41. The summed E-state index contributed by atoms with van der Waals surface area (Å²) in [5.74, 6) is 0.747. The highest BCUT2D eigenvalue weighted by Crippen LogP contribution is 2.27. The second kappa shape index (κ2) is 10.4. The van der Waals surface area contributed by atoms with Gasteiger partial charge >= 0.3 is 0 Å². The summed E-state index contributed by atoms with van der Waals surface area (Å²) >= 11 is 0. The van der Waals surface area contributed by atoms with E-state index in [2.05, 4.69) is 5.32 Å². The molecule has 1 N–H and O–H groups in total. The third-order valence-electron chi connectivity index (χ3n) is 5.24. The van der Waals surface area contributed by atoms with E-state index in [4.69, 9.17) is 9.47 Å². The minimum absolute atomic E-state index is 0.0643. The van der Waals surface area contributed by atoms with E-state index in [-0.39, 0.29) is 17.5 Å². The van der Waals surface area contributed by atoms with Gasteiger partial charge in [-0.1, -0.05) is 35.9 Å². The maximum absolute atomic E-state index is 13.5. The number of nitrogens with one attached hydrogen (secondary N) is 1. The molecule has 3 aromatic rings. The Hall–Kier alpha value is -3.52. The molecule has 0 saturated carbocycles. The lowest BCUT2D eigenvalue weighted by atomic mass is 10.1. The van der Waals surface area contributed by atoms with Gasteiger partial charge in [-0.25, -0.2) is 8.42 Å². The highest BCUT2D eigenvalue weighted by atomic mass is 32.2. The summed E-state index contributed by atoms with van der Waals surface area (Å²) in [5.41, 5.74) is 2.18. The van der Waals surface area contributed by atoms with Crippen molar-refractivity contribution >= 4 is 21.6 Å². The van der Waals surface area contributed by atoms with Gasteiger partial charge in [0.25, 0.3) is 10.0 Å². The number of aryl methyl sites for hydroxylation is 1. The average molecular weight is 469 g/mol. The molecule has 0 aliphatic rings. The average Bonchev–Trinajstić information content (AvgIpc) is 2.83. The minimum atomic E-state index is -4.01. The number of para-hydroxylation sites is 1. The van der Waals surface area contributed by atoms with Crippen LogP contribution in [0.2, 0.25) is 0 Å². The van der Waals surface area contributed by atoms with Crippen LogP contribution in [-0.2, 0) is 14.8 Å². The number of anilines is 1. The standard InChI is InChI=1S/C25H28N2O5S/c1-18-9-11-20(12-10-18)27(33(29,30)22-15-13-21(31-3)14-16-22)17-25(28)26-19(2)23-7-5-6-8-24(23)32-4/h5-16,19H,17H2,1-4H3,(H,26,28)/t19-/m0/s1. The van der Waals surface area contributed by atoms with Gasteiger partial charge in [-0.05, 0) is 56.3 Å². The van der Waals surface area contributed by atoms with Crippen molar-refractivity contribution in [3.63, 3.8) is 0 Å². The molecule has 8 heteroatoms. The van der Waals surface area contributed by atoms with Crippen LogP contribution in [0.4, 0.5) is 5.69 Å². The fraction of sp³-hybridized carbons (Fsp3) is 0.240. The molecule has 0 aliphatic heterocycles. The molecule has 7 nitrogen and oxygen atoms in total. The van der Waals surface area contributed by atoms with Crippen LogP contribution < -0.4 is 19.1 Å². The summed E-state index contributed by atoms with van der Waals surface area (Å²) in [6.07, 6.45) is 0. The van der Waals surface area contributed by atoms with Gasteiger partial charge in [-0.2, -0.15) is 0 Å². The van der Waals surface area contributed by atoms with Crippen molar-refractivity contribution < 1.29 is 22.7 Å². The number of benzene rings is 3. The van der Waals surface area contributed by atoms with E-state index in [0.29, 0.717) is 17.2 Å². The quantitative estimate of drug-likeness (QED) is 0.511. The molecule has 1 amide bonds. The highest BCUT2D eigenvalue weighted by Gasteiger charge is 2.28. The largest absolute Gasteiger partial charge is 0.497 e. The molecule has 0 fully saturated rings. The first-order chi connectivity index (χ1) is 15.8. The molecule has 0 aromatic heterocycles. The Balaban J connectivity index is 1.89. The van der Waals surface area contributed by atoms with Gasteiger partial charge in [-0.15, -0.1) is 0 Å². The van der Waals surface area contributed by atoms with Crippen LogP contribution in [0.3, 0.4) is 0 Å². The summed E-state index contributed by atoms with van der Waals surface area (Å²) in [7, 11) is -0.935. The van der Waals surface area contributed by atoms with Crippen LogP contribution in [-0.4, -0.2) is 35.1 Å². The summed E-state index contributed by atoms with van der Waals surface area (Å²) in [6.45, 7) is 3.36. The third kappa shape index (κ3) is 5.64. The van der Waals surface area contributed by atoms with E-state index < -0.39 is 15.9 Å². The van der Waals surface area contributed by atoms with E-state index in [9.17, 15) is 13.2 Å². The SMILES string of the molecule is COc1ccc(S(=O)(=O)N(CC(=O)N[C@@H](C)c2ccccc2OC)c2ccc(C)cc2)cc1. The number of sulfonamides is 1. The number of nitrogens with zero attached hydrogens (tertiary/aromatic N) is 1. The molecule has 33 heavy (non-hydrogen) atoms. The number of hydrogen-bond acceptors (Lipinski definition) is 5. The number of methoxy groups -OCH3 is 2. The van der Waals surface area contributed by atoms with Crippen molar-refractivity contribution in [1.82, 2.24) is 5.32 Å². The van der Waals surface area contributed by atoms with E-state index in [1.807, 2.05) is 38.1 Å². The molecule has 0 saturated heterocycles. The molecule has 0 radical (unpaired) electrons. The van der Waals surface area contributed by atoms with Crippen molar-refractivity contribution in [1.29, 1.82) is 0 Å². The number of hydrogen-bond donors (Lipinski definition) is 1. The predicted molar refractivity (Wildman–Crippen MR) is 128 cm³/mol. The lowest BCUT2D eigenvalue weighted by molar-refractivity contribution is -0.120. The van der Waals surface area contributed by atoms with Crippen molar-refractivity contribution in [3.05, 3.63) is 83.9 Å². The fourth-order valence-electron chi connectivity index (χ4n) is 3.42. The first kappa shape index (κ1) is 24.1. The Bertz CT molecular complexity index is 1190. The zero-order chi connectivity index (χ0) is 24.0. The molecule has 3 rings (SSSR count). The normalized spacial score (nSPS) is 12.0. The first-order valence-electron chi connectivity index (χ1n) is 10.4. The molecular weight excluding hydrogens is 440 g/mol. The van der Waals surface area contributed by atoms with Gasteiger partial charge in [0.1, 0.15) is 18.0 Å². The second-order valence-corrected chi connectivity index (χ2v) is 9.42. The molecule has 0 unspecified atom stereocenters. The Morgan fingerprint density at radius 3 is 2.18 bits per heavy atom. The molecule has 0 spiro atoms. The second-order valence-electron chi connectivity index (χ2n) is 7.55. The van der Waals surface area contributed by atoms with Crippen molar-refractivity contribution in [2.75, 3.05) is 25.1 Å². The van der Waals surface area contributed by atoms with E-state index >= 15 is 0 Å². The zero-order valence-electron chi connectivity index (χ0n) is 19.1. The number of ether oxygens (including phenoxy) is 2. The van der Waals surface area contributed by atoms with Gasteiger partial charge in [-0.3, -0.25) is 9.10 Å². The molecule has 0 aliphatic carbocycles. The summed E-state index contributed by atoms with van der Waals surface area (Å²) < 4.78 is 38.6. The van der Waals surface area contributed by atoms with Gasteiger partial charge in [0.05, 0.1) is 30.8 Å². The Morgan fingerprint density at radius 1 is 0.939 bits per heavy atom. The third-order valence-corrected chi connectivity index (χ3v) is 7.03. The zero-order valence-corrected chi connectivity index (χ0v) is 19.9. The number of rotatable bonds is 9. The van der Waals surface area contributed by atoms with Crippen molar-refractivity contribution in [3.8, 4) is 11.5 Å². The van der Waals surface area contributed by atoms with Crippen molar-refractivity contribution in [2.24, 2.45) is 0 Å². The molecular formula is C25H28N2O5S. The molecule has 174 valence electrons. The van der Waals surface area contributed by atoms with Crippen LogP contribution in [0.25, 0.3) is 0 Å². The van der Waals surface area contributed by atoms with Crippen LogP contribution in [0, 0.1) is 6.92 Å². The maximum atomic E-state index is 13.5. The summed E-state index contributed by atoms with van der Waals surface area (Å²) in [5, 5.41) is 2.88. The van der Waals surface area contributed by atoms with E-state index in [1.54, 1.807) is 43.5 Å². The fourth-order valence-corrected chi connectivity index (χ4v) is 4.84. The number of amides is 1. The first-order valence-corrected chi connectivity index (χ1v) is 11.9. The number of carbonyl (C=O) groups is 1. The Labute approximate surface area is 195 Å². The van der Waals surface area contributed by atoms with E-state index in [1.165, 1.54) is 19.2 Å². The Morgan fingerprint density at radius 2 is 1.58 bits per heavy atom. The van der Waals surface area contributed by atoms with Crippen LogP contribution in [0.15, 0.2) is 77.7 Å². The predicted octanol–water partition coefficient (Wildman–Crippen LogP) is 4.08. The lowest BCUT2D eigenvalue weighted by Gasteiger charge is -2.25. The molecule has 3 aromatic carbocycles.